The Morgan fingerprint density at radius 1 is 1.48 bits per heavy atom. The van der Waals surface area contributed by atoms with Gasteiger partial charge >= 0.3 is 0 Å². The minimum atomic E-state index is -0.209. The minimum absolute atomic E-state index is 0.209. The zero-order valence-electron chi connectivity index (χ0n) is 13.2. The molecule has 1 saturated heterocycles. The van der Waals surface area contributed by atoms with E-state index in [2.05, 4.69) is 34.0 Å². The molecule has 0 aliphatic carbocycles. The maximum atomic E-state index is 9.86. The van der Waals surface area contributed by atoms with Crippen molar-refractivity contribution in [3.05, 3.63) is 11.9 Å². The highest BCUT2D eigenvalue weighted by Crippen LogP contribution is 2.23. The van der Waals surface area contributed by atoms with Gasteiger partial charge in [-0.2, -0.15) is 0 Å². The summed E-state index contributed by atoms with van der Waals surface area (Å²) in [4.78, 5) is 11.3. The van der Waals surface area contributed by atoms with E-state index in [1.165, 1.54) is 0 Å². The second-order valence-corrected chi connectivity index (χ2v) is 5.67. The number of piperidine rings is 1. The highest BCUT2D eigenvalue weighted by molar-refractivity contribution is 5.49. The van der Waals surface area contributed by atoms with Crippen molar-refractivity contribution in [1.82, 2.24) is 9.97 Å². The van der Waals surface area contributed by atoms with Gasteiger partial charge in [0, 0.05) is 32.8 Å². The molecular weight excluding hydrogens is 268 g/mol. The number of hydrogen-bond acceptors (Lipinski definition) is 6. The average molecular weight is 294 g/mol. The number of nitrogens with zero attached hydrogens (tertiary/aromatic N) is 3. The maximum absolute atomic E-state index is 9.86. The van der Waals surface area contributed by atoms with E-state index < -0.39 is 0 Å². The lowest BCUT2D eigenvalue weighted by Gasteiger charge is -2.35. The third-order valence-corrected chi connectivity index (χ3v) is 3.77. The molecule has 0 aromatic carbocycles. The normalized spacial score (nSPS) is 22.4. The molecule has 21 heavy (non-hydrogen) atoms. The molecule has 0 saturated carbocycles. The predicted molar refractivity (Wildman–Crippen MR) is 83.5 cm³/mol. The molecule has 1 aliphatic heterocycles. The lowest BCUT2D eigenvalue weighted by atomic mass is 9.97. The lowest BCUT2D eigenvalue weighted by Crippen LogP contribution is -2.42. The summed E-state index contributed by atoms with van der Waals surface area (Å²) in [6.45, 7) is 7.13. The Hall–Kier alpha value is -1.40. The summed E-state index contributed by atoms with van der Waals surface area (Å²) in [7, 11) is 1.65. The van der Waals surface area contributed by atoms with Crippen molar-refractivity contribution in [3.8, 4) is 0 Å². The van der Waals surface area contributed by atoms with E-state index in [0.717, 1.165) is 44.1 Å². The van der Waals surface area contributed by atoms with Crippen LogP contribution in [0.4, 0.5) is 11.6 Å². The Bertz CT molecular complexity index is 455. The average Bonchev–Trinajstić information content (AvgIpc) is 2.48. The fourth-order valence-electron chi connectivity index (χ4n) is 2.52. The van der Waals surface area contributed by atoms with Crippen LogP contribution in [0.25, 0.3) is 0 Å². The van der Waals surface area contributed by atoms with Crippen LogP contribution in [0, 0.1) is 5.92 Å². The number of anilines is 2. The van der Waals surface area contributed by atoms with Crippen LogP contribution in [-0.4, -0.2) is 47.9 Å². The third-order valence-electron chi connectivity index (χ3n) is 3.77. The fourth-order valence-corrected chi connectivity index (χ4v) is 2.52. The second-order valence-electron chi connectivity index (χ2n) is 5.67. The van der Waals surface area contributed by atoms with Crippen molar-refractivity contribution in [3.63, 3.8) is 0 Å². The summed E-state index contributed by atoms with van der Waals surface area (Å²) >= 11 is 0. The quantitative estimate of drug-likeness (QED) is 0.831. The Balaban J connectivity index is 2.18. The van der Waals surface area contributed by atoms with Crippen LogP contribution in [0.3, 0.4) is 0 Å². The van der Waals surface area contributed by atoms with Crippen molar-refractivity contribution < 1.29 is 9.84 Å². The van der Waals surface area contributed by atoms with Crippen LogP contribution in [0.1, 0.15) is 32.5 Å². The van der Waals surface area contributed by atoms with Crippen molar-refractivity contribution in [2.24, 2.45) is 5.92 Å². The van der Waals surface area contributed by atoms with Gasteiger partial charge in [0.15, 0.2) is 5.82 Å². The number of aliphatic hydroxyl groups is 1. The van der Waals surface area contributed by atoms with E-state index in [-0.39, 0.29) is 12.0 Å². The highest BCUT2D eigenvalue weighted by Gasteiger charge is 2.25. The highest BCUT2D eigenvalue weighted by atomic mass is 16.5. The molecule has 0 radical (unpaired) electrons. The number of nitrogens with one attached hydrogen (secondary N) is 1. The molecule has 0 spiro atoms. The van der Waals surface area contributed by atoms with Gasteiger partial charge in [0.25, 0.3) is 0 Å². The first-order valence-corrected chi connectivity index (χ1v) is 7.67. The van der Waals surface area contributed by atoms with E-state index >= 15 is 0 Å². The van der Waals surface area contributed by atoms with Gasteiger partial charge in [-0.15, -0.1) is 0 Å². The Kier molecular flexibility index (Phi) is 5.76. The summed E-state index contributed by atoms with van der Waals surface area (Å²) < 4.78 is 5.16. The molecule has 2 rings (SSSR count). The van der Waals surface area contributed by atoms with E-state index in [1.54, 1.807) is 7.11 Å². The van der Waals surface area contributed by atoms with E-state index in [0.29, 0.717) is 12.4 Å². The number of aliphatic hydroxyl groups excluding tert-OH is 1. The zero-order valence-corrected chi connectivity index (χ0v) is 13.2. The first kappa shape index (κ1) is 16.0. The van der Waals surface area contributed by atoms with Gasteiger partial charge in [-0.25, -0.2) is 9.97 Å². The molecule has 2 atom stereocenters. The SMILES string of the molecule is CCCNc1cc(N2CCC(O)C(C)C2)nc(COC)n1. The number of ether oxygens (including phenoxy) is 1. The van der Waals surface area contributed by atoms with Crippen molar-refractivity contribution in [2.75, 3.05) is 37.0 Å². The molecule has 2 N–H and O–H groups in total. The Morgan fingerprint density at radius 2 is 2.29 bits per heavy atom. The standard InChI is InChI=1S/C15H26N4O2/c1-4-6-16-13-8-15(18-14(17-13)10-21-3)19-7-5-12(20)11(2)9-19/h8,11-12,20H,4-7,9-10H2,1-3H3,(H,16,17,18). The molecule has 2 unspecified atom stereocenters. The topological polar surface area (TPSA) is 70.5 Å². The number of aromatic nitrogens is 2. The largest absolute Gasteiger partial charge is 0.393 e. The van der Waals surface area contributed by atoms with Crippen LogP contribution >= 0.6 is 0 Å². The lowest BCUT2D eigenvalue weighted by molar-refractivity contribution is 0.0968. The smallest absolute Gasteiger partial charge is 0.158 e. The molecule has 0 bridgehead atoms. The van der Waals surface area contributed by atoms with E-state index in [4.69, 9.17) is 4.74 Å². The third kappa shape index (κ3) is 4.28. The Labute approximate surface area is 126 Å². The molecule has 1 aromatic rings. The first-order valence-electron chi connectivity index (χ1n) is 7.67. The second kappa shape index (κ2) is 7.56. The monoisotopic (exact) mass is 294 g/mol. The van der Waals surface area contributed by atoms with Gasteiger partial charge in [-0.1, -0.05) is 13.8 Å². The van der Waals surface area contributed by atoms with Gasteiger partial charge in [0.1, 0.15) is 18.2 Å². The van der Waals surface area contributed by atoms with Crippen LogP contribution in [0.2, 0.25) is 0 Å². The molecule has 0 amide bonds. The fraction of sp³-hybridized carbons (Fsp3) is 0.733. The van der Waals surface area contributed by atoms with Crippen LogP contribution in [0.5, 0.6) is 0 Å². The van der Waals surface area contributed by atoms with Gasteiger partial charge in [0.2, 0.25) is 0 Å². The molecule has 1 fully saturated rings. The van der Waals surface area contributed by atoms with Gasteiger partial charge in [-0.05, 0) is 18.8 Å². The minimum Gasteiger partial charge on any atom is -0.393 e. The van der Waals surface area contributed by atoms with Crippen molar-refractivity contribution >= 4 is 11.6 Å². The van der Waals surface area contributed by atoms with Crippen LogP contribution in [0.15, 0.2) is 6.07 Å². The molecule has 6 heteroatoms. The van der Waals surface area contributed by atoms with Crippen LogP contribution in [-0.2, 0) is 11.3 Å². The van der Waals surface area contributed by atoms with Gasteiger partial charge in [0.05, 0.1) is 6.10 Å². The number of rotatable bonds is 6. The van der Waals surface area contributed by atoms with Gasteiger partial charge < -0.3 is 20.1 Å². The molecule has 118 valence electrons. The van der Waals surface area contributed by atoms with Crippen molar-refractivity contribution in [1.29, 1.82) is 0 Å². The molecule has 6 nitrogen and oxygen atoms in total. The summed E-state index contributed by atoms with van der Waals surface area (Å²) in [5.41, 5.74) is 0. The molecule has 1 aromatic heterocycles. The Morgan fingerprint density at radius 3 is 2.95 bits per heavy atom. The van der Waals surface area contributed by atoms with Gasteiger partial charge in [-0.3, -0.25) is 0 Å². The molecule has 1 aliphatic rings. The zero-order chi connectivity index (χ0) is 15.2. The maximum Gasteiger partial charge on any atom is 0.158 e. The van der Waals surface area contributed by atoms with Crippen LogP contribution < -0.4 is 10.2 Å². The summed E-state index contributed by atoms with van der Waals surface area (Å²) in [5, 5.41) is 13.2. The summed E-state index contributed by atoms with van der Waals surface area (Å²) in [6, 6.07) is 1.99. The summed E-state index contributed by atoms with van der Waals surface area (Å²) in [6.07, 6.45) is 1.62. The molecular formula is C15H26N4O2. The van der Waals surface area contributed by atoms with E-state index in [1.807, 2.05) is 6.07 Å². The van der Waals surface area contributed by atoms with Crippen molar-refractivity contribution in [2.45, 2.75) is 39.4 Å². The number of methoxy groups -OCH3 is 1. The first-order chi connectivity index (χ1) is 10.1. The number of hydrogen-bond donors (Lipinski definition) is 2. The summed E-state index contributed by atoms with van der Waals surface area (Å²) in [5.74, 6) is 2.70. The predicted octanol–water partition coefficient (Wildman–Crippen LogP) is 1.65. The molecule has 2 heterocycles. The van der Waals surface area contributed by atoms with E-state index in [9.17, 15) is 5.11 Å².